The molecule has 130 valence electrons. The van der Waals surface area contributed by atoms with E-state index in [0.29, 0.717) is 17.5 Å². The highest BCUT2D eigenvalue weighted by molar-refractivity contribution is 7.99. The number of benzene rings is 1. The topological polar surface area (TPSA) is 71.1 Å². The Hall–Kier alpha value is -2.32. The van der Waals surface area contributed by atoms with Crippen LogP contribution in [0.4, 0.5) is 0 Å². The van der Waals surface area contributed by atoms with Crippen molar-refractivity contribution in [2.75, 3.05) is 19.9 Å². The maximum atomic E-state index is 12.3. The van der Waals surface area contributed by atoms with Gasteiger partial charge in [0.2, 0.25) is 11.1 Å². The average Bonchev–Trinajstić information content (AvgIpc) is 3.31. The van der Waals surface area contributed by atoms with Gasteiger partial charge < -0.3 is 9.64 Å². The summed E-state index contributed by atoms with van der Waals surface area (Å²) in [4.78, 5) is 19.4. The number of H-pyrrole nitrogens is 1. The number of rotatable bonds is 7. The fourth-order valence-corrected chi connectivity index (χ4v) is 3.61. The first-order valence-corrected chi connectivity index (χ1v) is 9.48. The van der Waals surface area contributed by atoms with Gasteiger partial charge in [-0.1, -0.05) is 30.0 Å². The van der Waals surface area contributed by atoms with Gasteiger partial charge in [-0.25, -0.2) is 4.98 Å². The molecule has 1 N–H and O–H groups in total. The molecule has 0 radical (unpaired) electrons. The number of aromatic amines is 1. The first-order chi connectivity index (χ1) is 12.2. The second-order valence-electron chi connectivity index (χ2n) is 5.33. The molecule has 0 atom stereocenters. The number of nitrogens with one attached hydrogen (secondary N) is 1. The highest BCUT2D eigenvalue weighted by Crippen LogP contribution is 2.23. The summed E-state index contributed by atoms with van der Waals surface area (Å²) in [6, 6.07) is 11.6. The van der Waals surface area contributed by atoms with Crippen LogP contribution in [0.5, 0.6) is 5.75 Å². The summed E-state index contributed by atoms with van der Waals surface area (Å²) in [6.45, 7) is 0.533. The zero-order chi connectivity index (χ0) is 17.6. The second kappa shape index (κ2) is 8.17. The third-order valence-corrected chi connectivity index (χ3v) is 5.23. The van der Waals surface area contributed by atoms with E-state index < -0.39 is 0 Å². The van der Waals surface area contributed by atoms with Gasteiger partial charge in [0, 0.05) is 13.6 Å². The molecule has 0 saturated carbocycles. The number of nitrogens with zero attached hydrogens (tertiary/aromatic N) is 3. The predicted molar refractivity (Wildman–Crippen MR) is 99.9 cm³/mol. The van der Waals surface area contributed by atoms with Crippen LogP contribution in [-0.2, 0) is 11.3 Å². The van der Waals surface area contributed by atoms with E-state index in [0.717, 1.165) is 22.0 Å². The molecular formula is C17H18N4O2S2. The van der Waals surface area contributed by atoms with Gasteiger partial charge in [0.1, 0.15) is 5.75 Å². The third kappa shape index (κ3) is 4.61. The average molecular weight is 374 g/mol. The summed E-state index contributed by atoms with van der Waals surface area (Å²) in [5, 5.41) is 9.62. The minimum Gasteiger partial charge on any atom is -0.497 e. The molecule has 0 bridgehead atoms. The van der Waals surface area contributed by atoms with Crippen molar-refractivity contribution in [1.82, 2.24) is 20.1 Å². The van der Waals surface area contributed by atoms with Gasteiger partial charge in [0.15, 0.2) is 5.82 Å². The molecule has 0 unspecified atom stereocenters. The summed E-state index contributed by atoms with van der Waals surface area (Å²) in [6.07, 6.45) is 0. The summed E-state index contributed by atoms with van der Waals surface area (Å²) >= 11 is 2.92. The first-order valence-electron chi connectivity index (χ1n) is 7.61. The lowest BCUT2D eigenvalue weighted by atomic mass is 10.2. The lowest BCUT2D eigenvalue weighted by Gasteiger charge is -2.17. The van der Waals surface area contributed by atoms with Crippen LogP contribution in [0.3, 0.4) is 0 Å². The van der Waals surface area contributed by atoms with E-state index in [9.17, 15) is 4.79 Å². The van der Waals surface area contributed by atoms with Crippen molar-refractivity contribution < 1.29 is 9.53 Å². The van der Waals surface area contributed by atoms with Crippen molar-refractivity contribution >= 4 is 29.0 Å². The van der Waals surface area contributed by atoms with E-state index in [4.69, 9.17) is 4.74 Å². The van der Waals surface area contributed by atoms with Crippen molar-refractivity contribution in [2.45, 2.75) is 11.7 Å². The fraction of sp³-hybridized carbons (Fsp3) is 0.235. The highest BCUT2D eigenvalue weighted by Gasteiger charge is 2.13. The Morgan fingerprint density at radius 1 is 1.36 bits per heavy atom. The molecular weight excluding hydrogens is 356 g/mol. The number of methoxy groups -OCH3 is 1. The molecule has 8 heteroatoms. The van der Waals surface area contributed by atoms with Crippen LogP contribution in [0, 0.1) is 0 Å². The van der Waals surface area contributed by atoms with Crippen molar-refractivity contribution in [3.63, 3.8) is 0 Å². The van der Waals surface area contributed by atoms with E-state index in [1.165, 1.54) is 11.8 Å². The fourth-order valence-electron chi connectivity index (χ4n) is 2.20. The van der Waals surface area contributed by atoms with Gasteiger partial charge in [0.25, 0.3) is 0 Å². The Kier molecular flexibility index (Phi) is 5.72. The van der Waals surface area contributed by atoms with Crippen LogP contribution in [0.2, 0.25) is 0 Å². The van der Waals surface area contributed by atoms with Gasteiger partial charge in [-0.3, -0.25) is 9.89 Å². The third-order valence-electron chi connectivity index (χ3n) is 3.52. The number of hydrogen-bond acceptors (Lipinski definition) is 6. The van der Waals surface area contributed by atoms with Gasteiger partial charge in [-0.2, -0.15) is 0 Å². The predicted octanol–water partition coefficient (Wildman–Crippen LogP) is 3.29. The molecule has 0 saturated heterocycles. The molecule has 0 fully saturated rings. The number of carbonyl (C=O) groups excluding carboxylic acids is 1. The summed E-state index contributed by atoms with van der Waals surface area (Å²) in [7, 11) is 3.42. The minimum atomic E-state index is 0.0234. The number of aromatic nitrogens is 3. The van der Waals surface area contributed by atoms with E-state index >= 15 is 0 Å². The highest BCUT2D eigenvalue weighted by atomic mass is 32.2. The van der Waals surface area contributed by atoms with Gasteiger partial charge in [-0.05, 0) is 29.1 Å². The maximum absolute atomic E-state index is 12.3. The molecule has 1 amide bonds. The van der Waals surface area contributed by atoms with E-state index in [-0.39, 0.29) is 5.91 Å². The second-order valence-corrected chi connectivity index (χ2v) is 7.22. The number of carbonyl (C=O) groups is 1. The van der Waals surface area contributed by atoms with Crippen molar-refractivity contribution in [3.05, 3.63) is 47.3 Å². The number of thiophene rings is 1. The molecule has 0 spiro atoms. The van der Waals surface area contributed by atoms with Gasteiger partial charge in [0.05, 0.1) is 17.7 Å². The molecule has 0 aliphatic heterocycles. The number of ether oxygens (including phenoxy) is 1. The number of hydrogen-bond donors (Lipinski definition) is 1. The molecule has 3 rings (SSSR count). The lowest BCUT2D eigenvalue weighted by molar-refractivity contribution is -0.127. The maximum Gasteiger partial charge on any atom is 0.233 e. The first kappa shape index (κ1) is 17.5. The molecule has 3 aromatic rings. The standard InChI is InChI=1S/C17H18N4O2S2/c1-21(10-12-5-3-6-13(9-12)23-2)15(22)11-25-17-18-16(19-20-17)14-7-4-8-24-14/h3-9H,10-11H2,1-2H3,(H,18,19,20). The van der Waals surface area contributed by atoms with Crippen molar-refractivity contribution in [1.29, 1.82) is 0 Å². The van der Waals surface area contributed by atoms with E-state index in [1.54, 1.807) is 30.4 Å². The molecule has 0 aliphatic rings. The Labute approximate surface area is 154 Å². The molecule has 6 nitrogen and oxygen atoms in total. The quantitative estimate of drug-likeness (QED) is 0.643. The molecule has 2 heterocycles. The number of amides is 1. The van der Waals surface area contributed by atoms with E-state index in [1.807, 2.05) is 41.8 Å². The van der Waals surface area contributed by atoms with Crippen molar-refractivity contribution in [3.8, 4) is 16.5 Å². The Bertz CT molecular complexity index is 833. The largest absolute Gasteiger partial charge is 0.497 e. The smallest absolute Gasteiger partial charge is 0.233 e. The summed E-state index contributed by atoms with van der Waals surface area (Å²) < 4.78 is 5.21. The SMILES string of the molecule is COc1cccc(CN(C)C(=O)CSc2n[nH]c(-c3cccs3)n2)c1. The van der Waals surface area contributed by atoms with Crippen LogP contribution in [-0.4, -0.2) is 45.9 Å². The molecule has 2 aromatic heterocycles. The summed E-state index contributed by atoms with van der Waals surface area (Å²) in [5.74, 6) is 1.84. The Morgan fingerprint density at radius 3 is 3.00 bits per heavy atom. The monoisotopic (exact) mass is 374 g/mol. The normalized spacial score (nSPS) is 10.6. The van der Waals surface area contributed by atoms with Crippen LogP contribution in [0.15, 0.2) is 46.9 Å². The Balaban J connectivity index is 1.53. The van der Waals surface area contributed by atoms with Crippen LogP contribution in [0.25, 0.3) is 10.7 Å². The summed E-state index contributed by atoms with van der Waals surface area (Å²) in [5.41, 5.74) is 1.03. The van der Waals surface area contributed by atoms with Gasteiger partial charge >= 0.3 is 0 Å². The zero-order valence-electron chi connectivity index (χ0n) is 13.9. The van der Waals surface area contributed by atoms with Gasteiger partial charge in [-0.15, -0.1) is 16.4 Å². The van der Waals surface area contributed by atoms with Crippen molar-refractivity contribution in [2.24, 2.45) is 0 Å². The molecule has 0 aliphatic carbocycles. The zero-order valence-corrected chi connectivity index (χ0v) is 15.6. The van der Waals surface area contributed by atoms with Crippen LogP contribution >= 0.6 is 23.1 Å². The lowest BCUT2D eigenvalue weighted by Crippen LogP contribution is -2.27. The van der Waals surface area contributed by atoms with Crippen LogP contribution in [0.1, 0.15) is 5.56 Å². The number of thioether (sulfide) groups is 1. The molecule has 1 aromatic carbocycles. The Morgan fingerprint density at radius 2 is 2.24 bits per heavy atom. The minimum absolute atomic E-state index is 0.0234. The van der Waals surface area contributed by atoms with Crippen LogP contribution < -0.4 is 4.74 Å². The van der Waals surface area contributed by atoms with E-state index in [2.05, 4.69) is 15.2 Å². The molecule has 25 heavy (non-hydrogen) atoms.